The zero-order valence-electron chi connectivity index (χ0n) is 16.3. The Bertz CT molecular complexity index is 869. The summed E-state index contributed by atoms with van der Waals surface area (Å²) in [6, 6.07) is 13.3. The molecular formula is C22H25BrN2O3. The minimum absolute atomic E-state index is 0.00197. The smallest absolute Gasteiger partial charge is 0.260 e. The topological polar surface area (TPSA) is 49.9 Å². The van der Waals surface area contributed by atoms with Gasteiger partial charge in [0.05, 0.1) is 0 Å². The van der Waals surface area contributed by atoms with Crippen LogP contribution in [-0.2, 0) is 4.79 Å². The van der Waals surface area contributed by atoms with Crippen molar-refractivity contribution < 1.29 is 14.3 Å². The van der Waals surface area contributed by atoms with Crippen molar-refractivity contribution in [2.24, 2.45) is 0 Å². The molecule has 2 aromatic carbocycles. The van der Waals surface area contributed by atoms with Gasteiger partial charge in [0.2, 0.25) is 0 Å². The van der Waals surface area contributed by atoms with Crippen molar-refractivity contribution in [1.29, 1.82) is 0 Å². The van der Waals surface area contributed by atoms with Crippen LogP contribution in [-0.4, -0.2) is 54.4 Å². The summed E-state index contributed by atoms with van der Waals surface area (Å²) in [6.07, 6.45) is 0.759. The van der Waals surface area contributed by atoms with Gasteiger partial charge < -0.3 is 14.5 Å². The van der Waals surface area contributed by atoms with Gasteiger partial charge in [0, 0.05) is 36.2 Å². The lowest BCUT2D eigenvalue weighted by atomic mass is 10.1. The van der Waals surface area contributed by atoms with Gasteiger partial charge in [0.25, 0.3) is 11.8 Å². The van der Waals surface area contributed by atoms with Crippen LogP contribution in [0.1, 0.15) is 27.9 Å². The summed E-state index contributed by atoms with van der Waals surface area (Å²) in [5, 5.41) is 0. The molecule has 0 aliphatic carbocycles. The van der Waals surface area contributed by atoms with Crippen LogP contribution in [0.3, 0.4) is 0 Å². The Labute approximate surface area is 174 Å². The minimum Gasteiger partial charge on any atom is -0.484 e. The third kappa shape index (κ3) is 5.13. The summed E-state index contributed by atoms with van der Waals surface area (Å²) in [5.74, 6) is 0.694. The molecule has 2 aromatic rings. The van der Waals surface area contributed by atoms with Crippen LogP contribution in [0.2, 0.25) is 0 Å². The molecule has 1 saturated heterocycles. The van der Waals surface area contributed by atoms with Crippen molar-refractivity contribution >= 4 is 27.7 Å². The van der Waals surface area contributed by atoms with E-state index in [-0.39, 0.29) is 18.4 Å². The molecule has 0 bridgehead atoms. The molecule has 28 heavy (non-hydrogen) atoms. The second kappa shape index (κ2) is 9.24. The van der Waals surface area contributed by atoms with Gasteiger partial charge in [0.1, 0.15) is 5.75 Å². The zero-order chi connectivity index (χ0) is 20.1. The van der Waals surface area contributed by atoms with E-state index in [1.807, 2.05) is 61.2 Å². The first-order chi connectivity index (χ1) is 13.4. The Morgan fingerprint density at radius 3 is 2.50 bits per heavy atom. The second-order valence-corrected chi connectivity index (χ2v) is 8.01. The van der Waals surface area contributed by atoms with Crippen LogP contribution >= 0.6 is 15.9 Å². The predicted molar refractivity (Wildman–Crippen MR) is 113 cm³/mol. The van der Waals surface area contributed by atoms with Gasteiger partial charge in [-0.25, -0.2) is 0 Å². The highest BCUT2D eigenvalue weighted by molar-refractivity contribution is 9.10. The number of amides is 2. The van der Waals surface area contributed by atoms with Crippen LogP contribution in [0.15, 0.2) is 46.9 Å². The van der Waals surface area contributed by atoms with E-state index < -0.39 is 0 Å². The fourth-order valence-corrected chi connectivity index (χ4v) is 3.77. The Hall–Kier alpha value is -2.34. The number of ether oxygens (including phenoxy) is 1. The third-order valence-electron chi connectivity index (χ3n) is 4.89. The highest BCUT2D eigenvalue weighted by Gasteiger charge is 2.23. The first-order valence-electron chi connectivity index (χ1n) is 9.47. The normalized spacial score (nSPS) is 14.5. The Morgan fingerprint density at radius 2 is 1.75 bits per heavy atom. The number of hydrogen-bond donors (Lipinski definition) is 0. The summed E-state index contributed by atoms with van der Waals surface area (Å²) in [4.78, 5) is 28.9. The molecule has 0 spiro atoms. The molecule has 0 aromatic heterocycles. The molecule has 1 aliphatic heterocycles. The van der Waals surface area contributed by atoms with E-state index in [2.05, 4.69) is 15.9 Å². The number of halogens is 1. The van der Waals surface area contributed by atoms with Crippen LogP contribution in [0.5, 0.6) is 5.75 Å². The maximum absolute atomic E-state index is 12.7. The van der Waals surface area contributed by atoms with Gasteiger partial charge in [-0.05, 0) is 50.1 Å². The third-order valence-corrected chi connectivity index (χ3v) is 5.38. The molecule has 2 amide bonds. The first-order valence-corrected chi connectivity index (χ1v) is 10.3. The summed E-state index contributed by atoms with van der Waals surface area (Å²) in [6.45, 7) is 6.36. The van der Waals surface area contributed by atoms with Crippen LogP contribution < -0.4 is 4.74 Å². The van der Waals surface area contributed by atoms with E-state index in [1.54, 1.807) is 4.90 Å². The number of rotatable bonds is 4. The Kier molecular flexibility index (Phi) is 6.73. The molecule has 1 aliphatic rings. The summed E-state index contributed by atoms with van der Waals surface area (Å²) in [5.41, 5.74) is 2.85. The van der Waals surface area contributed by atoms with Crippen molar-refractivity contribution in [1.82, 2.24) is 9.80 Å². The highest BCUT2D eigenvalue weighted by Crippen LogP contribution is 2.19. The summed E-state index contributed by atoms with van der Waals surface area (Å²) < 4.78 is 6.61. The van der Waals surface area contributed by atoms with E-state index in [1.165, 1.54) is 5.56 Å². The first kappa shape index (κ1) is 20.4. The molecule has 5 nitrogen and oxygen atoms in total. The van der Waals surface area contributed by atoms with Gasteiger partial charge in [0.15, 0.2) is 6.61 Å². The number of carbonyl (C=O) groups excluding carboxylic acids is 2. The predicted octanol–water partition coefficient (Wildman–Crippen LogP) is 3.82. The average Bonchev–Trinajstić information content (AvgIpc) is 2.93. The fourth-order valence-electron chi connectivity index (χ4n) is 3.37. The Balaban J connectivity index is 1.55. The van der Waals surface area contributed by atoms with Crippen LogP contribution in [0.4, 0.5) is 0 Å². The molecule has 0 radical (unpaired) electrons. The van der Waals surface area contributed by atoms with E-state index >= 15 is 0 Å². The average molecular weight is 445 g/mol. The van der Waals surface area contributed by atoms with Crippen molar-refractivity contribution in [3.05, 3.63) is 63.6 Å². The Morgan fingerprint density at radius 1 is 1.00 bits per heavy atom. The van der Waals surface area contributed by atoms with Gasteiger partial charge in [-0.3, -0.25) is 9.59 Å². The second-order valence-electron chi connectivity index (χ2n) is 7.09. The molecule has 0 N–H and O–H groups in total. The van der Waals surface area contributed by atoms with Gasteiger partial charge in [-0.15, -0.1) is 0 Å². The number of benzene rings is 2. The molecule has 1 heterocycles. The van der Waals surface area contributed by atoms with Crippen LogP contribution in [0.25, 0.3) is 0 Å². The largest absolute Gasteiger partial charge is 0.484 e. The molecule has 0 atom stereocenters. The lowest BCUT2D eigenvalue weighted by Gasteiger charge is -2.22. The van der Waals surface area contributed by atoms with Crippen LogP contribution in [0, 0.1) is 13.8 Å². The lowest BCUT2D eigenvalue weighted by Crippen LogP contribution is -2.39. The molecular weight excluding hydrogens is 420 g/mol. The standard InChI is InChI=1S/C22H25BrN2O3/c1-16-7-8-20(17(2)13-16)28-15-21(26)24-9-4-10-25(12-11-24)22(27)18-5-3-6-19(23)14-18/h3,5-8,13-14H,4,9-12,15H2,1-2H3. The molecule has 0 unspecified atom stereocenters. The SMILES string of the molecule is Cc1ccc(OCC(=O)N2CCCN(C(=O)c3cccc(Br)c3)CC2)c(C)c1. The number of hydrogen-bond acceptors (Lipinski definition) is 3. The quantitative estimate of drug-likeness (QED) is 0.719. The fraction of sp³-hybridized carbons (Fsp3) is 0.364. The van der Waals surface area contributed by atoms with Crippen molar-refractivity contribution in [2.75, 3.05) is 32.8 Å². The maximum atomic E-state index is 12.7. The molecule has 6 heteroatoms. The van der Waals surface area contributed by atoms with E-state index in [0.717, 1.165) is 22.2 Å². The summed E-state index contributed by atoms with van der Waals surface area (Å²) >= 11 is 3.41. The monoisotopic (exact) mass is 444 g/mol. The molecule has 0 saturated carbocycles. The van der Waals surface area contributed by atoms with Crippen molar-refractivity contribution in [3.63, 3.8) is 0 Å². The van der Waals surface area contributed by atoms with E-state index in [9.17, 15) is 9.59 Å². The number of aryl methyl sites for hydroxylation is 2. The highest BCUT2D eigenvalue weighted by atomic mass is 79.9. The molecule has 148 valence electrons. The minimum atomic E-state index is -0.0447. The van der Waals surface area contributed by atoms with Crippen molar-refractivity contribution in [2.45, 2.75) is 20.3 Å². The van der Waals surface area contributed by atoms with Gasteiger partial charge >= 0.3 is 0 Å². The van der Waals surface area contributed by atoms with E-state index in [4.69, 9.17) is 4.74 Å². The number of carbonyl (C=O) groups is 2. The van der Waals surface area contributed by atoms with Crippen molar-refractivity contribution in [3.8, 4) is 5.75 Å². The lowest BCUT2D eigenvalue weighted by molar-refractivity contribution is -0.133. The maximum Gasteiger partial charge on any atom is 0.260 e. The van der Waals surface area contributed by atoms with Gasteiger partial charge in [-0.2, -0.15) is 0 Å². The summed E-state index contributed by atoms with van der Waals surface area (Å²) in [7, 11) is 0. The van der Waals surface area contributed by atoms with E-state index in [0.29, 0.717) is 31.7 Å². The van der Waals surface area contributed by atoms with Gasteiger partial charge in [-0.1, -0.05) is 39.7 Å². The molecule has 3 rings (SSSR count). The molecule has 1 fully saturated rings. The number of nitrogens with zero attached hydrogens (tertiary/aromatic N) is 2. The zero-order valence-corrected chi connectivity index (χ0v) is 17.9.